The lowest BCUT2D eigenvalue weighted by molar-refractivity contribution is 0.855. The third-order valence-electron chi connectivity index (χ3n) is 3.91. The number of hydrogen-bond donors (Lipinski definition) is 1. The van der Waals surface area contributed by atoms with Gasteiger partial charge in [-0.25, -0.2) is 0 Å². The van der Waals surface area contributed by atoms with E-state index in [1.165, 1.54) is 31.4 Å². The molecular weight excluding hydrogens is 357 g/mol. The number of halogens is 1. The Morgan fingerprint density at radius 2 is 1.75 bits per heavy atom. The maximum atomic E-state index is 6.50. The summed E-state index contributed by atoms with van der Waals surface area (Å²) in [5.74, 6) is 0. The van der Waals surface area contributed by atoms with Crippen LogP contribution >= 0.6 is 22.6 Å². The highest BCUT2D eigenvalue weighted by Gasteiger charge is 2.14. The van der Waals surface area contributed by atoms with Gasteiger partial charge < -0.3 is 5.73 Å². The van der Waals surface area contributed by atoms with Gasteiger partial charge in [0.25, 0.3) is 0 Å². The van der Waals surface area contributed by atoms with Gasteiger partial charge in [0.15, 0.2) is 0 Å². The van der Waals surface area contributed by atoms with Gasteiger partial charge in [-0.05, 0) is 70.2 Å². The summed E-state index contributed by atoms with van der Waals surface area (Å²) < 4.78 is 1.27. The van der Waals surface area contributed by atoms with E-state index in [1.807, 2.05) is 0 Å². The molecule has 20 heavy (non-hydrogen) atoms. The van der Waals surface area contributed by atoms with Crippen molar-refractivity contribution in [2.45, 2.75) is 39.7 Å². The summed E-state index contributed by atoms with van der Waals surface area (Å²) in [5, 5.41) is 0. The van der Waals surface area contributed by atoms with Crippen LogP contribution in [0.5, 0.6) is 0 Å². The first-order valence-corrected chi connectivity index (χ1v) is 8.28. The van der Waals surface area contributed by atoms with Crippen LogP contribution in [0, 0.1) is 10.5 Å². The van der Waals surface area contributed by atoms with Gasteiger partial charge in [0, 0.05) is 3.57 Å². The second kappa shape index (κ2) is 6.72. The van der Waals surface area contributed by atoms with Crippen LogP contribution in [-0.4, -0.2) is 0 Å². The minimum absolute atomic E-state index is 0.0435. The Morgan fingerprint density at radius 3 is 2.40 bits per heavy atom. The van der Waals surface area contributed by atoms with Gasteiger partial charge in [-0.2, -0.15) is 0 Å². The van der Waals surface area contributed by atoms with Crippen LogP contribution in [-0.2, 0) is 12.8 Å². The third kappa shape index (κ3) is 3.07. The monoisotopic (exact) mass is 379 g/mol. The summed E-state index contributed by atoms with van der Waals surface area (Å²) in [5.41, 5.74) is 13.1. The highest BCUT2D eigenvalue weighted by molar-refractivity contribution is 14.1. The summed E-state index contributed by atoms with van der Waals surface area (Å²) in [4.78, 5) is 0. The van der Waals surface area contributed by atoms with Gasteiger partial charge in [0.2, 0.25) is 0 Å². The minimum Gasteiger partial charge on any atom is -0.320 e. The van der Waals surface area contributed by atoms with Crippen molar-refractivity contribution in [1.29, 1.82) is 0 Å². The molecule has 0 bridgehead atoms. The first-order chi connectivity index (χ1) is 9.58. The molecule has 0 spiro atoms. The van der Waals surface area contributed by atoms with Crippen LogP contribution in [0.1, 0.15) is 47.7 Å². The summed E-state index contributed by atoms with van der Waals surface area (Å²) in [6, 6.07) is 13.0. The lowest BCUT2D eigenvalue weighted by Gasteiger charge is -2.18. The Labute approximate surface area is 135 Å². The molecule has 0 saturated heterocycles. The Balaban J connectivity index is 2.43. The van der Waals surface area contributed by atoms with Crippen LogP contribution in [0.15, 0.2) is 36.4 Å². The van der Waals surface area contributed by atoms with E-state index in [0.717, 1.165) is 12.8 Å². The first kappa shape index (κ1) is 15.5. The summed E-state index contributed by atoms with van der Waals surface area (Å²) in [6.45, 7) is 6.55. The van der Waals surface area contributed by atoms with E-state index in [2.05, 4.69) is 79.8 Å². The zero-order valence-corrected chi connectivity index (χ0v) is 14.6. The summed E-state index contributed by atoms with van der Waals surface area (Å²) >= 11 is 2.40. The Morgan fingerprint density at radius 1 is 1.05 bits per heavy atom. The molecule has 0 radical (unpaired) electrons. The van der Waals surface area contributed by atoms with Crippen molar-refractivity contribution < 1.29 is 0 Å². The van der Waals surface area contributed by atoms with Crippen molar-refractivity contribution >= 4 is 22.6 Å². The molecule has 1 unspecified atom stereocenters. The van der Waals surface area contributed by atoms with Crippen molar-refractivity contribution in [3.05, 3.63) is 67.8 Å². The third-order valence-corrected chi connectivity index (χ3v) is 5.38. The molecule has 2 aromatic carbocycles. The molecule has 2 heteroatoms. The standard InChI is InChI=1S/C18H22IN/c1-4-13-9-10-15(11-14(13)5-2)18(20)16-8-6-7-12(3)17(16)19/h6-11,18H,4-5,20H2,1-3H3. The summed E-state index contributed by atoms with van der Waals surface area (Å²) in [6.07, 6.45) is 2.15. The maximum Gasteiger partial charge on any atom is 0.0562 e. The minimum atomic E-state index is -0.0435. The lowest BCUT2D eigenvalue weighted by atomic mass is 9.93. The number of nitrogens with two attached hydrogens (primary N) is 1. The van der Waals surface area contributed by atoms with Gasteiger partial charge in [-0.1, -0.05) is 50.2 Å². The van der Waals surface area contributed by atoms with Gasteiger partial charge in [0.05, 0.1) is 6.04 Å². The fourth-order valence-electron chi connectivity index (χ4n) is 2.60. The quantitative estimate of drug-likeness (QED) is 0.761. The van der Waals surface area contributed by atoms with E-state index < -0.39 is 0 Å². The normalized spacial score (nSPS) is 12.4. The molecule has 1 atom stereocenters. The van der Waals surface area contributed by atoms with Crippen molar-refractivity contribution in [2.24, 2.45) is 5.73 Å². The molecule has 2 aromatic rings. The van der Waals surface area contributed by atoms with E-state index in [-0.39, 0.29) is 6.04 Å². The zero-order chi connectivity index (χ0) is 14.7. The lowest BCUT2D eigenvalue weighted by Crippen LogP contribution is -2.14. The van der Waals surface area contributed by atoms with Crippen molar-refractivity contribution in [3.63, 3.8) is 0 Å². The number of benzene rings is 2. The van der Waals surface area contributed by atoms with Crippen LogP contribution in [0.25, 0.3) is 0 Å². The van der Waals surface area contributed by atoms with Crippen molar-refractivity contribution in [1.82, 2.24) is 0 Å². The second-order valence-electron chi connectivity index (χ2n) is 5.19. The van der Waals surface area contributed by atoms with Crippen LogP contribution in [0.2, 0.25) is 0 Å². The second-order valence-corrected chi connectivity index (χ2v) is 6.27. The number of hydrogen-bond acceptors (Lipinski definition) is 1. The fraction of sp³-hybridized carbons (Fsp3) is 0.333. The Bertz CT molecular complexity index is 604. The van der Waals surface area contributed by atoms with Gasteiger partial charge in [-0.15, -0.1) is 0 Å². The molecular formula is C18H22IN. The molecule has 0 aliphatic rings. The molecule has 0 heterocycles. The average molecular weight is 379 g/mol. The first-order valence-electron chi connectivity index (χ1n) is 7.20. The predicted molar refractivity (Wildman–Crippen MR) is 95.1 cm³/mol. The molecule has 0 amide bonds. The van der Waals surface area contributed by atoms with E-state index in [4.69, 9.17) is 5.73 Å². The SMILES string of the molecule is CCc1ccc(C(N)c2cccc(C)c2I)cc1CC. The van der Waals surface area contributed by atoms with Gasteiger partial charge in [0.1, 0.15) is 0 Å². The van der Waals surface area contributed by atoms with Crippen molar-refractivity contribution in [3.8, 4) is 0 Å². The predicted octanol–water partition coefficient (Wildman–Crippen LogP) is 4.77. The van der Waals surface area contributed by atoms with Gasteiger partial charge >= 0.3 is 0 Å². The molecule has 0 aliphatic carbocycles. The van der Waals surface area contributed by atoms with E-state index >= 15 is 0 Å². The maximum absolute atomic E-state index is 6.50. The highest BCUT2D eigenvalue weighted by Crippen LogP contribution is 2.27. The zero-order valence-electron chi connectivity index (χ0n) is 12.4. The molecule has 1 nitrogen and oxygen atoms in total. The van der Waals surface area contributed by atoms with E-state index in [1.54, 1.807) is 0 Å². The average Bonchev–Trinajstić information content (AvgIpc) is 2.48. The van der Waals surface area contributed by atoms with Crippen LogP contribution in [0.4, 0.5) is 0 Å². The highest BCUT2D eigenvalue weighted by atomic mass is 127. The largest absolute Gasteiger partial charge is 0.320 e. The van der Waals surface area contributed by atoms with E-state index in [9.17, 15) is 0 Å². The topological polar surface area (TPSA) is 26.0 Å². The molecule has 106 valence electrons. The fourth-order valence-corrected chi connectivity index (χ4v) is 3.30. The molecule has 2 N–H and O–H groups in total. The molecule has 0 fully saturated rings. The van der Waals surface area contributed by atoms with Crippen LogP contribution < -0.4 is 5.73 Å². The summed E-state index contributed by atoms with van der Waals surface area (Å²) in [7, 11) is 0. The molecule has 0 saturated carbocycles. The number of aryl methyl sites for hydroxylation is 3. The van der Waals surface area contributed by atoms with E-state index in [0.29, 0.717) is 0 Å². The number of rotatable bonds is 4. The Hall–Kier alpha value is -0.870. The molecule has 0 aliphatic heterocycles. The molecule has 0 aromatic heterocycles. The van der Waals surface area contributed by atoms with Crippen molar-refractivity contribution in [2.75, 3.05) is 0 Å². The van der Waals surface area contributed by atoms with Crippen LogP contribution in [0.3, 0.4) is 0 Å². The van der Waals surface area contributed by atoms with Gasteiger partial charge in [-0.3, -0.25) is 0 Å². The molecule has 2 rings (SSSR count). The Kier molecular flexibility index (Phi) is 5.22. The smallest absolute Gasteiger partial charge is 0.0562 e.